The minimum atomic E-state index is -0.542. The Morgan fingerprint density at radius 1 is 0.559 bits per heavy atom. The van der Waals surface area contributed by atoms with Crippen molar-refractivity contribution in [2.45, 2.75) is 53.1 Å². The lowest BCUT2D eigenvalue weighted by Gasteiger charge is -2.12. The van der Waals surface area contributed by atoms with Crippen molar-refractivity contribution in [2.75, 3.05) is 28.4 Å². The van der Waals surface area contributed by atoms with E-state index in [-0.39, 0.29) is 59.7 Å². The number of carbonyl (C=O) groups excluding carboxylic acids is 2. The van der Waals surface area contributed by atoms with Crippen LogP contribution in [0.1, 0.15) is 59.8 Å². The van der Waals surface area contributed by atoms with E-state index in [0.29, 0.717) is 39.6 Å². The SMILES string of the molecule is COCc1c(C(=O)OC(C)C)ncc2[nH]c3ccc(Oc4ccc(OC)cc4[N+](=O)[O-])cc3c12.COCc1c(C(=O)OC(C)C)ncc2[nH]c3ccc(Oc4ccc([N+](=O)[O-])c(OC)c4)cc3c12. The quantitative estimate of drug-likeness (QED) is 0.0519. The summed E-state index contributed by atoms with van der Waals surface area (Å²) in [5.74, 6) is 0.708. The Labute approximate surface area is 387 Å². The molecule has 0 radical (unpaired) electrons. The first-order chi connectivity index (χ1) is 32.6. The van der Waals surface area contributed by atoms with E-state index in [4.69, 9.17) is 37.9 Å². The predicted molar refractivity (Wildman–Crippen MR) is 249 cm³/mol. The zero-order valence-electron chi connectivity index (χ0n) is 38.2. The van der Waals surface area contributed by atoms with Crippen molar-refractivity contribution >= 4 is 66.9 Å². The fourth-order valence-corrected chi connectivity index (χ4v) is 7.46. The van der Waals surface area contributed by atoms with Gasteiger partial charge in [-0.25, -0.2) is 19.6 Å². The summed E-state index contributed by atoms with van der Waals surface area (Å²) in [5, 5.41) is 25.7. The lowest BCUT2D eigenvalue weighted by Crippen LogP contribution is -2.15. The van der Waals surface area contributed by atoms with Crippen LogP contribution in [0.4, 0.5) is 11.4 Å². The lowest BCUT2D eigenvalue weighted by atomic mass is 10.1. The number of benzene rings is 4. The molecule has 0 bridgehead atoms. The number of aromatic nitrogens is 4. The molecule has 8 aromatic rings. The molecule has 0 saturated heterocycles. The second kappa shape index (κ2) is 20.4. The molecule has 0 unspecified atom stereocenters. The summed E-state index contributed by atoms with van der Waals surface area (Å²) < 4.78 is 43.5. The van der Waals surface area contributed by atoms with E-state index in [1.54, 1.807) is 77.5 Å². The molecule has 0 aliphatic carbocycles. The number of nitrogens with one attached hydrogen (secondary N) is 2. The van der Waals surface area contributed by atoms with Gasteiger partial charge in [0, 0.05) is 70.1 Å². The largest absolute Gasteiger partial charge is 0.496 e. The zero-order valence-corrected chi connectivity index (χ0v) is 38.2. The van der Waals surface area contributed by atoms with Gasteiger partial charge in [-0.2, -0.15) is 0 Å². The lowest BCUT2D eigenvalue weighted by molar-refractivity contribution is -0.385. The van der Waals surface area contributed by atoms with Gasteiger partial charge < -0.3 is 47.9 Å². The molecule has 8 rings (SSSR count). The summed E-state index contributed by atoms with van der Waals surface area (Å²) in [6, 6.07) is 19.3. The smallest absolute Gasteiger partial charge is 0.357 e. The molecule has 0 saturated carbocycles. The highest BCUT2D eigenvalue weighted by molar-refractivity contribution is 6.12. The molecule has 352 valence electrons. The van der Waals surface area contributed by atoms with E-state index in [2.05, 4.69) is 19.9 Å². The van der Waals surface area contributed by atoms with Crippen molar-refractivity contribution < 1.29 is 57.3 Å². The van der Waals surface area contributed by atoms with E-state index in [0.717, 1.165) is 38.1 Å². The Kier molecular flexibility index (Phi) is 14.3. The minimum Gasteiger partial charge on any atom is -0.496 e. The third kappa shape index (κ3) is 10.1. The van der Waals surface area contributed by atoms with E-state index in [9.17, 15) is 29.8 Å². The highest BCUT2D eigenvalue weighted by atomic mass is 16.6. The van der Waals surface area contributed by atoms with E-state index < -0.39 is 21.8 Å². The van der Waals surface area contributed by atoms with Crippen LogP contribution >= 0.6 is 0 Å². The third-order valence-electron chi connectivity index (χ3n) is 10.2. The number of rotatable bonds is 16. The number of ether oxygens (including phenoxy) is 8. The Bertz CT molecular complexity index is 3220. The predicted octanol–water partition coefficient (Wildman–Crippen LogP) is 10.3. The van der Waals surface area contributed by atoms with Gasteiger partial charge in [0.25, 0.3) is 0 Å². The highest BCUT2D eigenvalue weighted by Crippen LogP contribution is 2.39. The van der Waals surface area contributed by atoms with Gasteiger partial charge in [-0.1, -0.05) is 0 Å². The topological polar surface area (TPSA) is 252 Å². The number of H-pyrrole nitrogens is 2. The molecule has 0 fully saturated rings. The summed E-state index contributed by atoms with van der Waals surface area (Å²) in [6.45, 7) is 7.36. The molecule has 20 nitrogen and oxygen atoms in total. The Morgan fingerprint density at radius 3 is 1.49 bits per heavy atom. The van der Waals surface area contributed by atoms with Crippen molar-refractivity contribution in [3.63, 3.8) is 0 Å². The van der Waals surface area contributed by atoms with Gasteiger partial charge in [0.15, 0.2) is 11.4 Å². The van der Waals surface area contributed by atoms with E-state index in [1.807, 2.05) is 12.1 Å². The summed E-state index contributed by atoms with van der Waals surface area (Å²) in [6.07, 6.45) is 2.57. The number of aromatic amines is 2. The molecule has 4 aromatic heterocycles. The maximum absolute atomic E-state index is 12.7. The molecule has 68 heavy (non-hydrogen) atoms. The van der Waals surface area contributed by atoms with Crippen LogP contribution in [0.5, 0.6) is 34.5 Å². The molecule has 0 spiro atoms. The number of methoxy groups -OCH3 is 4. The number of hydrogen-bond acceptors (Lipinski definition) is 16. The van der Waals surface area contributed by atoms with Gasteiger partial charge in [-0.3, -0.25) is 20.2 Å². The number of nitro benzene ring substituents is 2. The number of pyridine rings is 2. The number of nitro groups is 2. The second-order valence-electron chi connectivity index (χ2n) is 15.6. The highest BCUT2D eigenvalue weighted by Gasteiger charge is 2.24. The molecular formula is C48H46N6O14. The van der Waals surface area contributed by atoms with Crippen molar-refractivity contribution in [1.29, 1.82) is 0 Å². The van der Waals surface area contributed by atoms with Gasteiger partial charge in [-0.05, 0) is 82.3 Å². The normalized spacial score (nSPS) is 11.2. The molecule has 0 amide bonds. The number of hydrogen-bond donors (Lipinski definition) is 2. The summed E-state index contributed by atoms with van der Waals surface area (Å²) >= 11 is 0. The van der Waals surface area contributed by atoms with Crippen LogP contribution in [0.25, 0.3) is 43.6 Å². The molecule has 0 aliphatic rings. The van der Waals surface area contributed by atoms with Crippen LogP contribution in [-0.4, -0.2) is 82.4 Å². The average Bonchev–Trinajstić information content (AvgIpc) is 3.87. The van der Waals surface area contributed by atoms with Gasteiger partial charge in [0.2, 0.25) is 11.5 Å². The zero-order chi connectivity index (χ0) is 48.8. The molecular weight excluding hydrogens is 885 g/mol. The molecule has 0 aliphatic heterocycles. The van der Waals surface area contributed by atoms with E-state index >= 15 is 0 Å². The van der Waals surface area contributed by atoms with Crippen molar-refractivity contribution in [3.8, 4) is 34.5 Å². The molecule has 4 heterocycles. The summed E-state index contributed by atoms with van der Waals surface area (Å²) in [4.78, 5) is 62.1. The summed E-state index contributed by atoms with van der Waals surface area (Å²) in [5.41, 5.74) is 4.19. The number of nitrogens with zero attached hydrogens (tertiary/aromatic N) is 4. The number of carbonyl (C=O) groups is 2. The van der Waals surface area contributed by atoms with Crippen molar-refractivity contribution in [1.82, 2.24) is 19.9 Å². The van der Waals surface area contributed by atoms with Crippen LogP contribution < -0.4 is 18.9 Å². The molecule has 2 N–H and O–H groups in total. The minimum absolute atomic E-state index is 0.0740. The molecule has 4 aromatic carbocycles. The fourth-order valence-electron chi connectivity index (χ4n) is 7.46. The van der Waals surface area contributed by atoms with Gasteiger partial charge in [0.1, 0.15) is 23.0 Å². The monoisotopic (exact) mass is 930 g/mol. The number of fused-ring (bicyclic) bond motifs is 6. The fraction of sp³-hybridized carbons (Fsp3) is 0.250. The first kappa shape index (κ1) is 47.6. The van der Waals surface area contributed by atoms with Gasteiger partial charge >= 0.3 is 23.3 Å². The standard InChI is InChI=1S/2C24H23N3O7/c1-13(2)33-24(28)23-17(12-31-3)22-16-9-15(5-7-18(16)26-19(22)11-25-23)34-21-8-6-14(32-4)10-20(21)27(29)30;1-13(2)33-24(28)23-17(12-31-3)22-16-9-14(5-7-18(16)26-19(22)11-25-23)34-15-6-8-20(27(29)30)21(10-15)32-4/h2*5-11,13,26H,12H2,1-4H3. The second-order valence-corrected chi connectivity index (χ2v) is 15.6. The van der Waals surface area contributed by atoms with Gasteiger partial charge in [-0.15, -0.1) is 0 Å². The first-order valence-corrected chi connectivity index (χ1v) is 20.9. The van der Waals surface area contributed by atoms with Crippen LogP contribution in [0.2, 0.25) is 0 Å². The third-order valence-corrected chi connectivity index (χ3v) is 10.2. The number of esters is 2. The summed E-state index contributed by atoms with van der Waals surface area (Å²) in [7, 11) is 5.86. The molecule has 20 heteroatoms. The maximum Gasteiger partial charge on any atom is 0.357 e. The van der Waals surface area contributed by atoms with Crippen LogP contribution in [0, 0.1) is 20.2 Å². The van der Waals surface area contributed by atoms with Crippen LogP contribution in [-0.2, 0) is 32.2 Å². The van der Waals surface area contributed by atoms with Crippen LogP contribution in [0.3, 0.4) is 0 Å². The average molecular weight is 931 g/mol. The maximum atomic E-state index is 12.7. The van der Waals surface area contributed by atoms with Crippen molar-refractivity contribution in [2.24, 2.45) is 0 Å². The molecule has 0 atom stereocenters. The van der Waals surface area contributed by atoms with Crippen LogP contribution in [0.15, 0.2) is 85.2 Å². The Morgan fingerprint density at radius 2 is 1.03 bits per heavy atom. The Balaban J connectivity index is 0.000000201. The Hall–Kier alpha value is -8.36. The van der Waals surface area contributed by atoms with Crippen molar-refractivity contribution in [3.05, 3.63) is 128 Å². The van der Waals surface area contributed by atoms with E-state index in [1.165, 1.54) is 51.7 Å². The first-order valence-electron chi connectivity index (χ1n) is 20.9. The van der Waals surface area contributed by atoms with Gasteiger partial charge in [0.05, 0.1) is 79.0 Å².